The van der Waals surface area contributed by atoms with Gasteiger partial charge in [0, 0.05) is 0 Å². The van der Waals surface area contributed by atoms with E-state index in [9.17, 15) is 8.78 Å². The molecule has 14 heavy (non-hydrogen) atoms. The fraction of sp³-hybridized carbons (Fsp3) is 0.250. The van der Waals surface area contributed by atoms with Gasteiger partial charge in [0.2, 0.25) is 0 Å². The number of pyridine rings is 1. The van der Waals surface area contributed by atoms with Crippen molar-refractivity contribution >= 4 is 23.8 Å². The lowest BCUT2D eigenvalue weighted by molar-refractivity contribution is 0.0898. The van der Waals surface area contributed by atoms with Gasteiger partial charge in [0.15, 0.2) is 0 Å². The van der Waals surface area contributed by atoms with Crippen LogP contribution >= 0.6 is 23.8 Å². The van der Waals surface area contributed by atoms with Crippen LogP contribution in [0.4, 0.5) is 8.78 Å². The normalized spacial score (nSPS) is 11.1. The number of aryl methyl sites for hydroxylation is 1. The van der Waals surface area contributed by atoms with Crippen molar-refractivity contribution in [3.63, 3.8) is 0 Å². The molecule has 0 saturated heterocycles. The summed E-state index contributed by atoms with van der Waals surface area (Å²) in [7, 11) is 0. The largest absolute Gasteiger partial charge is 0.362 e. The van der Waals surface area contributed by atoms with Crippen molar-refractivity contribution < 1.29 is 8.78 Å². The van der Waals surface area contributed by atoms with Crippen LogP contribution < -0.4 is 0 Å². The lowest BCUT2D eigenvalue weighted by Crippen LogP contribution is -2.08. The molecule has 1 N–H and O–H groups in total. The van der Waals surface area contributed by atoms with E-state index in [4.69, 9.17) is 29.1 Å². The highest BCUT2D eigenvalue weighted by atomic mass is 35.5. The standard InChI is InChI=1S/C8H5ClF2N2S/c1-4-2-6(8(9,10)11)13-7(14)5(4)3-12/h2H,1H3,(H,13,14). The number of aromatic amines is 1. The van der Waals surface area contributed by atoms with E-state index in [2.05, 4.69) is 4.98 Å². The average molecular weight is 235 g/mol. The summed E-state index contributed by atoms with van der Waals surface area (Å²) in [6, 6.07) is 2.93. The molecule has 0 unspecified atom stereocenters. The van der Waals surface area contributed by atoms with Crippen LogP contribution in [0.1, 0.15) is 16.8 Å². The quantitative estimate of drug-likeness (QED) is 0.599. The smallest absolute Gasteiger partial charge is 0.343 e. The minimum absolute atomic E-state index is 0.0252. The van der Waals surface area contributed by atoms with Crippen LogP contribution in [0.15, 0.2) is 6.07 Å². The van der Waals surface area contributed by atoms with Crippen molar-refractivity contribution in [1.29, 1.82) is 5.26 Å². The molecule has 1 rings (SSSR count). The summed E-state index contributed by atoms with van der Waals surface area (Å²) in [6.07, 6.45) is 0. The van der Waals surface area contributed by atoms with Crippen molar-refractivity contribution in [2.45, 2.75) is 12.3 Å². The summed E-state index contributed by atoms with van der Waals surface area (Å²) in [4.78, 5) is 2.22. The Morgan fingerprint density at radius 3 is 2.57 bits per heavy atom. The van der Waals surface area contributed by atoms with Crippen molar-refractivity contribution in [2.75, 3.05) is 0 Å². The summed E-state index contributed by atoms with van der Waals surface area (Å²) in [5.74, 6) is 0. The number of rotatable bonds is 1. The van der Waals surface area contributed by atoms with E-state index in [1.165, 1.54) is 6.92 Å². The van der Waals surface area contributed by atoms with Gasteiger partial charge in [-0.15, -0.1) is 0 Å². The minimum atomic E-state index is -3.49. The first kappa shape index (κ1) is 11.1. The Morgan fingerprint density at radius 2 is 2.21 bits per heavy atom. The van der Waals surface area contributed by atoms with Gasteiger partial charge in [-0.3, -0.25) is 0 Å². The predicted molar refractivity (Wildman–Crippen MR) is 50.8 cm³/mol. The van der Waals surface area contributed by atoms with E-state index in [0.717, 1.165) is 6.07 Å². The zero-order chi connectivity index (χ0) is 10.9. The first-order valence-corrected chi connectivity index (χ1v) is 4.36. The van der Waals surface area contributed by atoms with Gasteiger partial charge in [0.05, 0.1) is 5.56 Å². The molecule has 6 heteroatoms. The van der Waals surface area contributed by atoms with Gasteiger partial charge >= 0.3 is 5.38 Å². The Balaban J connectivity index is 3.45. The maximum Gasteiger partial charge on any atom is 0.362 e. The third-order valence-electron chi connectivity index (χ3n) is 1.65. The molecular formula is C8H5ClF2N2S. The van der Waals surface area contributed by atoms with Crippen molar-refractivity contribution in [3.8, 4) is 6.07 Å². The van der Waals surface area contributed by atoms with Gasteiger partial charge in [-0.05, 0) is 30.2 Å². The summed E-state index contributed by atoms with van der Waals surface area (Å²) < 4.78 is 25.3. The Hall–Kier alpha value is -0.990. The number of nitriles is 1. The van der Waals surface area contributed by atoms with E-state index in [1.54, 1.807) is 0 Å². The Kier molecular flexibility index (Phi) is 2.88. The SMILES string of the molecule is Cc1cc(C(F)(F)Cl)[nH]c(=S)c1C#N. The second kappa shape index (κ2) is 3.64. The number of nitrogens with one attached hydrogen (secondary N) is 1. The number of aromatic nitrogens is 1. The second-order valence-electron chi connectivity index (χ2n) is 2.68. The molecule has 1 heterocycles. The van der Waals surface area contributed by atoms with E-state index in [1.807, 2.05) is 6.07 Å². The third-order valence-corrected chi connectivity index (χ3v) is 2.16. The van der Waals surface area contributed by atoms with Crippen LogP contribution in [0.3, 0.4) is 0 Å². The second-order valence-corrected chi connectivity index (χ2v) is 3.56. The first-order valence-electron chi connectivity index (χ1n) is 3.57. The number of hydrogen-bond acceptors (Lipinski definition) is 2. The van der Waals surface area contributed by atoms with E-state index < -0.39 is 11.1 Å². The maximum atomic E-state index is 12.7. The lowest BCUT2D eigenvalue weighted by atomic mass is 10.1. The van der Waals surface area contributed by atoms with E-state index in [-0.39, 0.29) is 10.2 Å². The summed E-state index contributed by atoms with van der Waals surface area (Å²) >= 11 is 9.53. The van der Waals surface area contributed by atoms with E-state index >= 15 is 0 Å². The third kappa shape index (κ3) is 2.08. The zero-order valence-corrected chi connectivity index (χ0v) is 8.64. The molecule has 0 aliphatic heterocycles. The molecule has 0 aliphatic carbocycles. The molecule has 0 spiro atoms. The molecular weight excluding hydrogens is 230 g/mol. The van der Waals surface area contributed by atoms with Crippen LogP contribution in [0.25, 0.3) is 0 Å². The molecule has 1 aromatic heterocycles. The number of hydrogen-bond donors (Lipinski definition) is 1. The van der Waals surface area contributed by atoms with Gasteiger partial charge in [-0.25, -0.2) is 0 Å². The zero-order valence-electron chi connectivity index (χ0n) is 7.07. The molecule has 0 saturated carbocycles. The first-order chi connectivity index (χ1) is 6.36. The average Bonchev–Trinajstić information content (AvgIpc) is 2.01. The highest BCUT2D eigenvalue weighted by Gasteiger charge is 2.29. The fourth-order valence-electron chi connectivity index (χ4n) is 0.980. The molecule has 0 radical (unpaired) electrons. The van der Waals surface area contributed by atoms with Crippen LogP contribution in [0, 0.1) is 22.9 Å². The van der Waals surface area contributed by atoms with Gasteiger partial charge in [-0.1, -0.05) is 12.2 Å². The molecule has 74 valence electrons. The van der Waals surface area contributed by atoms with Crippen molar-refractivity contribution in [3.05, 3.63) is 27.5 Å². The van der Waals surface area contributed by atoms with Gasteiger partial charge < -0.3 is 4.98 Å². The predicted octanol–water partition coefficient (Wildman–Crippen LogP) is 3.21. The summed E-state index contributed by atoms with van der Waals surface area (Å²) in [5, 5.41) is 5.14. The monoisotopic (exact) mass is 234 g/mol. The minimum Gasteiger partial charge on any atom is -0.343 e. The van der Waals surface area contributed by atoms with Crippen molar-refractivity contribution in [2.24, 2.45) is 0 Å². The molecule has 0 aliphatic rings. The summed E-state index contributed by atoms with van der Waals surface area (Å²) in [6.45, 7) is 1.52. The van der Waals surface area contributed by atoms with Gasteiger partial charge in [-0.2, -0.15) is 14.0 Å². The molecule has 0 atom stereocenters. The molecule has 0 fully saturated rings. The van der Waals surface area contributed by atoms with Crippen LogP contribution in [0.2, 0.25) is 0 Å². The van der Waals surface area contributed by atoms with Crippen LogP contribution in [0.5, 0.6) is 0 Å². The Morgan fingerprint density at radius 1 is 1.64 bits per heavy atom. The lowest BCUT2D eigenvalue weighted by Gasteiger charge is -2.09. The maximum absolute atomic E-state index is 12.7. The van der Waals surface area contributed by atoms with Gasteiger partial charge in [0.1, 0.15) is 16.4 Å². The number of H-pyrrole nitrogens is 1. The highest BCUT2D eigenvalue weighted by molar-refractivity contribution is 7.71. The van der Waals surface area contributed by atoms with Crippen LogP contribution in [-0.2, 0) is 5.38 Å². The summed E-state index contributed by atoms with van der Waals surface area (Å²) in [5.41, 5.74) is 0.0666. The highest BCUT2D eigenvalue weighted by Crippen LogP contribution is 2.31. The van der Waals surface area contributed by atoms with E-state index in [0.29, 0.717) is 5.56 Å². The molecule has 2 nitrogen and oxygen atoms in total. The Labute approximate surface area is 89.1 Å². The number of alkyl halides is 3. The molecule has 0 aromatic carbocycles. The topological polar surface area (TPSA) is 39.6 Å². The fourth-order valence-corrected chi connectivity index (χ4v) is 1.40. The van der Waals surface area contributed by atoms with Crippen molar-refractivity contribution in [1.82, 2.24) is 4.98 Å². The molecule has 0 amide bonds. The molecule has 1 aromatic rings. The van der Waals surface area contributed by atoms with Gasteiger partial charge in [0.25, 0.3) is 0 Å². The Bertz CT molecular complexity index is 456. The van der Waals surface area contributed by atoms with Crippen LogP contribution in [-0.4, -0.2) is 4.98 Å². The number of nitrogens with zero attached hydrogens (tertiary/aromatic N) is 1. The molecule has 0 bridgehead atoms. The number of halogens is 3.